The van der Waals surface area contributed by atoms with Gasteiger partial charge < -0.3 is 9.80 Å². The van der Waals surface area contributed by atoms with Gasteiger partial charge in [0, 0.05) is 52.4 Å². The first-order chi connectivity index (χ1) is 13.4. The van der Waals surface area contributed by atoms with Gasteiger partial charge in [0.1, 0.15) is 0 Å². The summed E-state index contributed by atoms with van der Waals surface area (Å²) < 4.78 is 27.3. The smallest absolute Gasteiger partial charge is 0.243 e. The second kappa shape index (κ2) is 9.35. The number of carbonyl (C=O) groups is 1. The van der Waals surface area contributed by atoms with E-state index in [0.717, 1.165) is 44.6 Å². The van der Waals surface area contributed by atoms with Crippen LogP contribution >= 0.6 is 0 Å². The molecule has 28 heavy (non-hydrogen) atoms. The molecule has 2 saturated heterocycles. The third-order valence-corrected chi connectivity index (χ3v) is 7.56. The average Bonchev–Trinajstić information content (AvgIpc) is 2.69. The maximum Gasteiger partial charge on any atom is 0.243 e. The summed E-state index contributed by atoms with van der Waals surface area (Å²) in [6.45, 7) is 7.89. The van der Waals surface area contributed by atoms with Crippen LogP contribution in [0.25, 0.3) is 0 Å². The minimum atomic E-state index is -3.47. The molecule has 0 aromatic heterocycles. The highest BCUT2D eigenvalue weighted by atomic mass is 32.2. The molecule has 2 heterocycles. The van der Waals surface area contributed by atoms with Gasteiger partial charge in [-0.05, 0) is 31.2 Å². The number of benzene rings is 1. The van der Waals surface area contributed by atoms with Crippen LogP contribution in [0.1, 0.15) is 18.9 Å². The number of likely N-dealkylation sites (N-methyl/N-ethyl adjacent to an activating group) is 1. The minimum Gasteiger partial charge on any atom is -0.339 e. The highest BCUT2D eigenvalue weighted by Gasteiger charge is 2.30. The van der Waals surface area contributed by atoms with E-state index in [0.29, 0.717) is 37.6 Å². The summed E-state index contributed by atoms with van der Waals surface area (Å²) in [4.78, 5) is 19.1. The molecule has 0 bridgehead atoms. The van der Waals surface area contributed by atoms with Crippen molar-refractivity contribution in [1.29, 1.82) is 0 Å². The summed E-state index contributed by atoms with van der Waals surface area (Å²) in [5.74, 6) is 0.149. The number of hydrogen-bond acceptors (Lipinski definition) is 5. The Labute approximate surface area is 168 Å². The monoisotopic (exact) mass is 408 g/mol. The minimum absolute atomic E-state index is 0.149. The Bertz CT molecular complexity index is 750. The predicted octanol–water partition coefficient (Wildman–Crippen LogP) is 0.719. The number of rotatable bonds is 6. The van der Waals surface area contributed by atoms with Gasteiger partial charge in [0.25, 0.3) is 0 Å². The topological polar surface area (TPSA) is 64.2 Å². The highest BCUT2D eigenvalue weighted by Crippen LogP contribution is 2.19. The Hall–Kier alpha value is -1.48. The van der Waals surface area contributed by atoms with E-state index in [1.807, 2.05) is 17.0 Å². The summed E-state index contributed by atoms with van der Waals surface area (Å²) in [6.07, 6.45) is 2.00. The largest absolute Gasteiger partial charge is 0.339 e. The molecule has 156 valence electrons. The zero-order valence-electron chi connectivity index (χ0n) is 17.0. The van der Waals surface area contributed by atoms with E-state index in [-0.39, 0.29) is 5.91 Å². The van der Waals surface area contributed by atoms with Gasteiger partial charge in [0.05, 0.1) is 11.4 Å². The molecular formula is C20H32N4O3S. The Morgan fingerprint density at radius 2 is 1.54 bits per heavy atom. The van der Waals surface area contributed by atoms with Crippen molar-refractivity contribution >= 4 is 15.9 Å². The van der Waals surface area contributed by atoms with Gasteiger partial charge >= 0.3 is 0 Å². The first-order valence-corrected chi connectivity index (χ1v) is 11.6. The van der Waals surface area contributed by atoms with Gasteiger partial charge in [-0.25, -0.2) is 8.42 Å². The average molecular weight is 409 g/mol. The van der Waals surface area contributed by atoms with Crippen LogP contribution in [0.5, 0.6) is 0 Å². The Balaban J connectivity index is 1.52. The molecule has 7 nitrogen and oxygen atoms in total. The van der Waals surface area contributed by atoms with Crippen molar-refractivity contribution in [1.82, 2.24) is 19.0 Å². The van der Waals surface area contributed by atoms with Crippen LogP contribution in [0.2, 0.25) is 0 Å². The predicted molar refractivity (Wildman–Crippen MR) is 110 cm³/mol. The van der Waals surface area contributed by atoms with Crippen molar-refractivity contribution in [2.75, 3.05) is 66.0 Å². The van der Waals surface area contributed by atoms with E-state index in [4.69, 9.17) is 0 Å². The van der Waals surface area contributed by atoms with Crippen LogP contribution in [-0.4, -0.2) is 99.3 Å². The first-order valence-electron chi connectivity index (χ1n) is 10.2. The molecule has 2 aliphatic heterocycles. The number of carbonyl (C=O) groups excluding carboxylic acids is 1. The highest BCUT2D eigenvalue weighted by molar-refractivity contribution is 7.89. The van der Waals surface area contributed by atoms with Gasteiger partial charge in [-0.1, -0.05) is 25.5 Å². The van der Waals surface area contributed by atoms with E-state index >= 15 is 0 Å². The zero-order valence-corrected chi connectivity index (χ0v) is 17.8. The molecule has 0 unspecified atom stereocenters. The van der Waals surface area contributed by atoms with E-state index < -0.39 is 10.0 Å². The van der Waals surface area contributed by atoms with Crippen molar-refractivity contribution in [3.05, 3.63) is 29.8 Å². The molecule has 0 atom stereocenters. The summed E-state index contributed by atoms with van der Waals surface area (Å²) in [7, 11) is -1.40. The summed E-state index contributed by atoms with van der Waals surface area (Å²) in [5, 5.41) is 0. The first kappa shape index (κ1) is 21.2. The summed E-state index contributed by atoms with van der Waals surface area (Å²) in [5.41, 5.74) is 1.16. The van der Waals surface area contributed by atoms with Gasteiger partial charge in [-0.15, -0.1) is 0 Å². The SMILES string of the molecule is CCCc1ccc(S(=O)(=O)N2CCN(CC(=O)N3CCN(C)CC3)CC2)cc1. The molecule has 0 aliphatic carbocycles. The second-order valence-electron chi connectivity index (χ2n) is 7.76. The second-order valence-corrected chi connectivity index (χ2v) is 9.70. The maximum absolute atomic E-state index is 12.9. The van der Waals surface area contributed by atoms with Crippen molar-refractivity contribution in [3.8, 4) is 0 Å². The van der Waals surface area contributed by atoms with Crippen molar-refractivity contribution < 1.29 is 13.2 Å². The fourth-order valence-electron chi connectivity index (χ4n) is 3.74. The third-order valence-electron chi connectivity index (χ3n) is 5.65. The van der Waals surface area contributed by atoms with E-state index in [2.05, 4.69) is 23.8 Å². The van der Waals surface area contributed by atoms with Crippen LogP contribution in [0.3, 0.4) is 0 Å². The van der Waals surface area contributed by atoms with Gasteiger partial charge in [-0.3, -0.25) is 9.69 Å². The van der Waals surface area contributed by atoms with Gasteiger partial charge in [0.2, 0.25) is 15.9 Å². The Morgan fingerprint density at radius 1 is 0.929 bits per heavy atom. The number of hydrogen-bond donors (Lipinski definition) is 0. The number of piperazine rings is 2. The Morgan fingerprint density at radius 3 is 2.11 bits per heavy atom. The lowest BCUT2D eigenvalue weighted by Crippen LogP contribution is -2.53. The summed E-state index contributed by atoms with van der Waals surface area (Å²) in [6, 6.07) is 7.23. The molecule has 1 amide bonds. The zero-order chi connectivity index (χ0) is 20.1. The molecule has 0 spiro atoms. The van der Waals surface area contributed by atoms with Crippen LogP contribution in [0.4, 0.5) is 0 Å². The van der Waals surface area contributed by atoms with Gasteiger partial charge in [0.15, 0.2) is 0 Å². The van der Waals surface area contributed by atoms with Crippen LogP contribution in [0, 0.1) is 0 Å². The molecule has 2 fully saturated rings. The lowest BCUT2D eigenvalue weighted by atomic mass is 10.1. The van der Waals surface area contributed by atoms with Crippen molar-refractivity contribution in [3.63, 3.8) is 0 Å². The quantitative estimate of drug-likeness (QED) is 0.694. The van der Waals surface area contributed by atoms with Crippen molar-refractivity contribution in [2.45, 2.75) is 24.7 Å². The molecule has 1 aromatic rings. The fourth-order valence-corrected chi connectivity index (χ4v) is 5.16. The summed E-state index contributed by atoms with van der Waals surface area (Å²) >= 11 is 0. The van der Waals surface area contributed by atoms with Crippen LogP contribution in [-0.2, 0) is 21.2 Å². The number of sulfonamides is 1. The normalized spacial score (nSPS) is 20.4. The molecule has 0 N–H and O–H groups in total. The number of aryl methyl sites for hydroxylation is 1. The van der Waals surface area contributed by atoms with E-state index in [9.17, 15) is 13.2 Å². The lowest BCUT2D eigenvalue weighted by molar-refractivity contribution is -0.134. The fraction of sp³-hybridized carbons (Fsp3) is 0.650. The maximum atomic E-state index is 12.9. The lowest BCUT2D eigenvalue weighted by Gasteiger charge is -2.36. The molecule has 8 heteroatoms. The van der Waals surface area contributed by atoms with E-state index in [1.54, 1.807) is 16.4 Å². The van der Waals surface area contributed by atoms with Gasteiger partial charge in [-0.2, -0.15) is 4.31 Å². The van der Waals surface area contributed by atoms with Crippen LogP contribution < -0.4 is 0 Å². The molecular weight excluding hydrogens is 376 g/mol. The van der Waals surface area contributed by atoms with Crippen molar-refractivity contribution in [2.24, 2.45) is 0 Å². The number of amides is 1. The van der Waals surface area contributed by atoms with E-state index in [1.165, 1.54) is 0 Å². The molecule has 2 aliphatic rings. The van der Waals surface area contributed by atoms with Crippen LogP contribution in [0.15, 0.2) is 29.2 Å². The molecule has 0 saturated carbocycles. The molecule has 0 radical (unpaired) electrons. The standard InChI is InChI=1S/C20H32N4O3S/c1-3-4-18-5-7-19(8-6-18)28(26,27)24-15-11-22(12-16-24)17-20(25)23-13-9-21(2)10-14-23/h5-8H,3-4,9-17H2,1-2H3. The molecule has 1 aromatic carbocycles. The Kier molecular flexibility index (Phi) is 7.09. The number of nitrogens with zero attached hydrogens (tertiary/aromatic N) is 4. The third kappa shape index (κ3) is 5.11. The molecule has 3 rings (SSSR count).